The number of benzene rings is 1. The van der Waals surface area contributed by atoms with Crippen LogP contribution in [0.25, 0.3) is 0 Å². The zero-order valence-corrected chi connectivity index (χ0v) is 5.62. The molecule has 0 atom stereocenters. The molecule has 0 aromatic heterocycles. The summed E-state index contributed by atoms with van der Waals surface area (Å²) in [5, 5.41) is 11.2. The SMILES string of the molecule is O=Nc1cc(F)ccc1CO. The molecule has 0 spiro atoms. The van der Waals surface area contributed by atoms with Crippen molar-refractivity contribution >= 4 is 5.69 Å². The quantitative estimate of drug-likeness (QED) is 0.661. The molecule has 0 aliphatic carbocycles. The minimum Gasteiger partial charge on any atom is -0.392 e. The molecular formula is C7H6FNO2. The first-order valence-corrected chi connectivity index (χ1v) is 3.00. The summed E-state index contributed by atoms with van der Waals surface area (Å²) in [5.41, 5.74) is 0.286. The summed E-state index contributed by atoms with van der Waals surface area (Å²) in [7, 11) is 0. The van der Waals surface area contributed by atoms with Gasteiger partial charge < -0.3 is 5.11 Å². The maximum Gasteiger partial charge on any atom is 0.125 e. The average Bonchev–Trinajstić information content (AvgIpc) is 2.04. The zero-order valence-electron chi connectivity index (χ0n) is 5.62. The average molecular weight is 155 g/mol. The summed E-state index contributed by atoms with van der Waals surface area (Å²) in [6.07, 6.45) is 0. The Morgan fingerprint density at radius 2 is 2.27 bits per heavy atom. The van der Waals surface area contributed by atoms with Crippen molar-refractivity contribution in [1.29, 1.82) is 0 Å². The van der Waals surface area contributed by atoms with Crippen molar-refractivity contribution in [3.8, 4) is 0 Å². The van der Waals surface area contributed by atoms with Crippen LogP contribution in [0.1, 0.15) is 5.56 Å². The Morgan fingerprint density at radius 1 is 1.55 bits per heavy atom. The fraction of sp³-hybridized carbons (Fsp3) is 0.143. The topological polar surface area (TPSA) is 49.7 Å². The molecular weight excluding hydrogens is 149 g/mol. The lowest BCUT2D eigenvalue weighted by Crippen LogP contribution is -1.84. The van der Waals surface area contributed by atoms with Crippen LogP contribution >= 0.6 is 0 Å². The third-order valence-electron chi connectivity index (χ3n) is 1.32. The molecule has 0 aliphatic rings. The van der Waals surface area contributed by atoms with Gasteiger partial charge in [-0.3, -0.25) is 0 Å². The number of aliphatic hydroxyl groups is 1. The first-order valence-electron chi connectivity index (χ1n) is 3.00. The number of nitrogens with zero attached hydrogens (tertiary/aromatic N) is 1. The highest BCUT2D eigenvalue weighted by atomic mass is 19.1. The minimum absolute atomic E-state index is 0.0486. The molecule has 0 heterocycles. The van der Waals surface area contributed by atoms with Gasteiger partial charge in [0.1, 0.15) is 11.5 Å². The molecule has 4 heteroatoms. The van der Waals surface area contributed by atoms with Crippen LogP contribution in [0, 0.1) is 10.7 Å². The number of nitroso groups, excluding NO2 is 1. The van der Waals surface area contributed by atoms with Crippen LogP contribution in [0.15, 0.2) is 23.4 Å². The molecule has 0 fully saturated rings. The maximum atomic E-state index is 12.4. The smallest absolute Gasteiger partial charge is 0.125 e. The highest BCUT2D eigenvalue weighted by Crippen LogP contribution is 2.19. The van der Waals surface area contributed by atoms with Gasteiger partial charge in [0, 0.05) is 11.6 Å². The van der Waals surface area contributed by atoms with Gasteiger partial charge in [0.2, 0.25) is 0 Å². The summed E-state index contributed by atoms with van der Waals surface area (Å²) in [6.45, 7) is -0.304. The molecule has 0 radical (unpaired) electrons. The number of rotatable bonds is 2. The van der Waals surface area contributed by atoms with E-state index in [1.807, 2.05) is 0 Å². The van der Waals surface area contributed by atoms with Crippen LogP contribution in [0.5, 0.6) is 0 Å². The van der Waals surface area contributed by atoms with Crippen molar-refractivity contribution in [2.75, 3.05) is 0 Å². The van der Waals surface area contributed by atoms with E-state index < -0.39 is 5.82 Å². The number of aliphatic hydroxyl groups excluding tert-OH is 1. The Kier molecular flexibility index (Phi) is 2.28. The van der Waals surface area contributed by atoms with E-state index in [-0.39, 0.29) is 12.3 Å². The predicted octanol–water partition coefficient (Wildman–Crippen LogP) is 1.72. The second-order valence-electron chi connectivity index (χ2n) is 2.02. The monoisotopic (exact) mass is 155 g/mol. The van der Waals surface area contributed by atoms with Gasteiger partial charge in [0.25, 0.3) is 0 Å². The third-order valence-corrected chi connectivity index (χ3v) is 1.32. The summed E-state index contributed by atoms with van der Waals surface area (Å²) in [6, 6.07) is 3.48. The standard InChI is InChI=1S/C7H6FNO2/c8-6-2-1-5(4-10)7(3-6)9-11/h1-3,10H,4H2. The molecule has 1 aromatic rings. The van der Waals surface area contributed by atoms with E-state index in [0.717, 1.165) is 6.07 Å². The van der Waals surface area contributed by atoms with Crippen molar-refractivity contribution in [1.82, 2.24) is 0 Å². The lowest BCUT2D eigenvalue weighted by atomic mass is 10.2. The van der Waals surface area contributed by atoms with E-state index in [0.29, 0.717) is 5.56 Å². The van der Waals surface area contributed by atoms with Crippen LogP contribution in [0.4, 0.5) is 10.1 Å². The number of hydrogen-bond acceptors (Lipinski definition) is 3. The van der Waals surface area contributed by atoms with Gasteiger partial charge >= 0.3 is 0 Å². The van der Waals surface area contributed by atoms with Crippen LogP contribution < -0.4 is 0 Å². The first-order chi connectivity index (χ1) is 5.27. The highest BCUT2D eigenvalue weighted by Gasteiger charge is 2.02. The molecule has 1 N–H and O–H groups in total. The second kappa shape index (κ2) is 3.21. The van der Waals surface area contributed by atoms with Gasteiger partial charge in [-0.2, -0.15) is 0 Å². The Bertz CT molecular complexity index is 275. The molecule has 0 bridgehead atoms. The van der Waals surface area contributed by atoms with Crippen molar-refractivity contribution in [2.45, 2.75) is 6.61 Å². The van der Waals surface area contributed by atoms with Gasteiger partial charge in [0.05, 0.1) is 6.61 Å². The van der Waals surface area contributed by atoms with E-state index in [9.17, 15) is 9.30 Å². The van der Waals surface area contributed by atoms with Gasteiger partial charge in [-0.1, -0.05) is 6.07 Å². The van der Waals surface area contributed by atoms with Crippen LogP contribution in [0.3, 0.4) is 0 Å². The third kappa shape index (κ3) is 1.59. The summed E-state index contributed by atoms with van der Waals surface area (Å²) < 4.78 is 12.4. The molecule has 11 heavy (non-hydrogen) atoms. The van der Waals surface area contributed by atoms with Crippen LogP contribution in [-0.2, 0) is 6.61 Å². The fourth-order valence-electron chi connectivity index (χ4n) is 0.756. The molecule has 0 saturated carbocycles. The Balaban J connectivity index is 3.16. The van der Waals surface area contributed by atoms with E-state index in [4.69, 9.17) is 5.11 Å². The fourth-order valence-corrected chi connectivity index (χ4v) is 0.756. The molecule has 0 aliphatic heterocycles. The largest absolute Gasteiger partial charge is 0.392 e. The van der Waals surface area contributed by atoms with E-state index in [1.54, 1.807) is 0 Å². The number of hydrogen-bond donors (Lipinski definition) is 1. The molecule has 0 amide bonds. The molecule has 3 nitrogen and oxygen atoms in total. The summed E-state index contributed by atoms with van der Waals surface area (Å²) in [5.74, 6) is -0.531. The first kappa shape index (κ1) is 7.81. The Morgan fingerprint density at radius 3 is 2.82 bits per heavy atom. The Labute approximate surface area is 62.5 Å². The molecule has 0 saturated heterocycles. The van der Waals surface area contributed by atoms with Gasteiger partial charge in [0.15, 0.2) is 0 Å². The predicted molar refractivity (Wildman–Crippen MR) is 37.8 cm³/mol. The minimum atomic E-state index is -0.531. The van der Waals surface area contributed by atoms with Crippen molar-refractivity contribution in [3.05, 3.63) is 34.5 Å². The lowest BCUT2D eigenvalue weighted by Gasteiger charge is -1.97. The zero-order chi connectivity index (χ0) is 8.27. The number of halogens is 1. The van der Waals surface area contributed by atoms with Crippen molar-refractivity contribution < 1.29 is 9.50 Å². The van der Waals surface area contributed by atoms with E-state index >= 15 is 0 Å². The molecule has 0 unspecified atom stereocenters. The van der Waals surface area contributed by atoms with Gasteiger partial charge in [-0.15, -0.1) is 4.91 Å². The van der Waals surface area contributed by atoms with E-state index in [2.05, 4.69) is 5.18 Å². The highest BCUT2D eigenvalue weighted by molar-refractivity contribution is 5.45. The maximum absolute atomic E-state index is 12.4. The van der Waals surface area contributed by atoms with Gasteiger partial charge in [-0.25, -0.2) is 4.39 Å². The van der Waals surface area contributed by atoms with Crippen molar-refractivity contribution in [3.63, 3.8) is 0 Å². The molecule has 1 rings (SSSR count). The van der Waals surface area contributed by atoms with Crippen LogP contribution in [0.2, 0.25) is 0 Å². The summed E-state index contributed by atoms with van der Waals surface area (Å²) in [4.78, 5) is 10.0. The van der Waals surface area contributed by atoms with E-state index in [1.165, 1.54) is 12.1 Å². The summed E-state index contributed by atoms with van der Waals surface area (Å²) >= 11 is 0. The van der Waals surface area contributed by atoms with Crippen molar-refractivity contribution in [2.24, 2.45) is 5.18 Å². The van der Waals surface area contributed by atoms with Crippen LogP contribution in [-0.4, -0.2) is 5.11 Å². The van der Waals surface area contributed by atoms with Gasteiger partial charge in [-0.05, 0) is 11.2 Å². The lowest BCUT2D eigenvalue weighted by molar-refractivity contribution is 0.282. The molecule has 1 aromatic carbocycles. The normalized spacial score (nSPS) is 9.64. The second-order valence-corrected chi connectivity index (χ2v) is 2.02. The molecule has 58 valence electrons. The Hall–Kier alpha value is -1.29.